The van der Waals surface area contributed by atoms with E-state index < -0.39 is 4.92 Å². The summed E-state index contributed by atoms with van der Waals surface area (Å²) in [6.45, 7) is 4.00. The van der Waals surface area contributed by atoms with E-state index in [0.29, 0.717) is 11.5 Å². The van der Waals surface area contributed by atoms with Gasteiger partial charge in [0.05, 0.1) is 4.92 Å². The summed E-state index contributed by atoms with van der Waals surface area (Å²) in [4.78, 5) is 9.89. The van der Waals surface area contributed by atoms with Crippen LogP contribution in [0.1, 0.15) is 13.8 Å². The molecule has 0 bridgehead atoms. The van der Waals surface area contributed by atoms with Crippen LogP contribution < -0.4 is 0 Å². The van der Waals surface area contributed by atoms with Gasteiger partial charge in [0.15, 0.2) is 0 Å². The van der Waals surface area contributed by atoms with Crippen LogP contribution in [0.2, 0.25) is 0 Å². The molecule has 1 aromatic heterocycles. The van der Waals surface area contributed by atoms with Gasteiger partial charge in [-0.2, -0.15) is 0 Å². The molecule has 0 unspecified atom stereocenters. The number of benzene rings is 1. The van der Waals surface area contributed by atoms with Gasteiger partial charge in [0.25, 0.3) is 5.69 Å². The van der Waals surface area contributed by atoms with Crippen molar-refractivity contribution in [3.63, 3.8) is 0 Å². The third kappa shape index (κ3) is 2.63. The van der Waals surface area contributed by atoms with Crippen molar-refractivity contribution in [2.45, 2.75) is 13.8 Å². The monoisotopic (exact) mass is 221 g/mol. The van der Waals surface area contributed by atoms with Crippen LogP contribution in [0.3, 0.4) is 0 Å². The molecular weight excluding hydrogens is 210 g/mol. The fraction of sp³-hybridized carbons (Fsp3) is 0.200. The number of rotatable bonds is 2. The van der Waals surface area contributed by atoms with Crippen molar-refractivity contribution in [1.29, 1.82) is 0 Å². The summed E-state index contributed by atoms with van der Waals surface area (Å²) < 4.78 is 4.93. The maximum Gasteiger partial charge on any atom is 0.269 e. The Morgan fingerprint density at radius 3 is 2.31 bits per heavy atom. The minimum absolute atomic E-state index is 0.0354. The SMILES string of the molecule is CC.O=[N+]([O-])c1ccc(-c2nnco2)cc1. The number of nitro benzene ring substituents is 1. The van der Waals surface area contributed by atoms with Gasteiger partial charge in [-0.15, -0.1) is 10.2 Å². The third-order valence-electron chi connectivity index (χ3n) is 1.69. The average molecular weight is 221 g/mol. The first-order valence-corrected chi connectivity index (χ1v) is 4.78. The minimum Gasteiger partial charge on any atom is -0.423 e. The first-order valence-electron chi connectivity index (χ1n) is 4.78. The van der Waals surface area contributed by atoms with E-state index in [1.165, 1.54) is 18.5 Å². The molecule has 0 spiro atoms. The Balaban J connectivity index is 0.000000606. The first kappa shape index (κ1) is 11.8. The normalized spacial score (nSPS) is 9.12. The van der Waals surface area contributed by atoms with E-state index in [9.17, 15) is 10.1 Å². The highest BCUT2D eigenvalue weighted by Crippen LogP contribution is 2.19. The lowest BCUT2D eigenvalue weighted by atomic mass is 10.2. The van der Waals surface area contributed by atoms with Crippen molar-refractivity contribution in [2.24, 2.45) is 0 Å². The topological polar surface area (TPSA) is 82.1 Å². The Kier molecular flexibility index (Phi) is 4.14. The van der Waals surface area contributed by atoms with Crippen molar-refractivity contribution < 1.29 is 9.34 Å². The van der Waals surface area contributed by atoms with E-state index in [2.05, 4.69) is 10.2 Å². The molecule has 0 saturated carbocycles. The van der Waals surface area contributed by atoms with Crippen LogP contribution in [0, 0.1) is 10.1 Å². The summed E-state index contributed by atoms with van der Waals surface area (Å²) in [7, 11) is 0. The molecule has 0 saturated heterocycles. The molecule has 0 aliphatic rings. The Hall–Kier alpha value is -2.24. The Bertz CT molecular complexity index is 437. The molecule has 2 rings (SSSR count). The second-order valence-corrected chi connectivity index (χ2v) is 2.55. The highest BCUT2D eigenvalue weighted by atomic mass is 16.6. The van der Waals surface area contributed by atoms with Crippen LogP contribution in [0.25, 0.3) is 11.5 Å². The van der Waals surface area contributed by atoms with E-state index in [1.54, 1.807) is 12.1 Å². The summed E-state index contributed by atoms with van der Waals surface area (Å²) in [5.41, 5.74) is 0.696. The molecule has 16 heavy (non-hydrogen) atoms. The summed E-state index contributed by atoms with van der Waals surface area (Å²) in [6.07, 6.45) is 1.21. The number of non-ortho nitro benzene ring substituents is 1. The Morgan fingerprint density at radius 1 is 1.25 bits per heavy atom. The molecule has 0 atom stereocenters. The predicted molar refractivity (Wildman–Crippen MR) is 57.7 cm³/mol. The van der Waals surface area contributed by atoms with E-state index >= 15 is 0 Å². The lowest BCUT2D eigenvalue weighted by Crippen LogP contribution is -1.87. The van der Waals surface area contributed by atoms with Crippen LogP contribution in [-0.4, -0.2) is 15.1 Å². The Morgan fingerprint density at radius 2 is 1.88 bits per heavy atom. The van der Waals surface area contributed by atoms with Crippen molar-refractivity contribution in [3.05, 3.63) is 40.8 Å². The molecule has 0 N–H and O–H groups in total. The van der Waals surface area contributed by atoms with Gasteiger partial charge in [0.2, 0.25) is 12.3 Å². The zero-order chi connectivity index (χ0) is 12.0. The van der Waals surface area contributed by atoms with Gasteiger partial charge in [-0.1, -0.05) is 13.8 Å². The molecule has 6 nitrogen and oxygen atoms in total. The van der Waals surface area contributed by atoms with Crippen molar-refractivity contribution in [1.82, 2.24) is 10.2 Å². The van der Waals surface area contributed by atoms with Crippen LogP contribution >= 0.6 is 0 Å². The maximum atomic E-state index is 10.4. The zero-order valence-corrected chi connectivity index (χ0v) is 8.95. The smallest absolute Gasteiger partial charge is 0.269 e. The molecule has 0 fully saturated rings. The standard InChI is InChI=1S/C8H5N3O3.C2H6/c12-11(13)7-3-1-6(2-4-7)8-10-9-5-14-8;1-2/h1-5H;1-2H3. The second kappa shape index (κ2) is 5.59. The zero-order valence-electron chi connectivity index (χ0n) is 8.95. The minimum atomic E-state index is -0.461. The number of hydrogen-bond donors (Lipinski definition) is 0. The average Bonchev–Trinajstić information content (AvgIpc) is 2.85. The number of nitrogens with zero attached hydrogens (tertiary/aromatic N) is 3. The number of nitro groups is 1. The van der Waals surface area contributed by atoms with Gasteiger partial charge in [-0.05, 0) is 12.1 Å². The number of hydrogen-bond acceptors (Lipinski definition) is 5. The van der Waals surface area contributed by atoms with E-state index in [1.807, 2.05) is 13.8 Å². The highest BCUT2D eigenvalue weighted by molar-refractivity contribution is 5.54. The van der Waals surface area contributed by atoms with E-state index in [4.69, 9.17) is 4.42 Å². The van der Waals surface area contributed by atoms with Gasteiger partial charge in [-0.3, -0.25) is 10.1 Å². The van der Waals surface area contributed by atoms with Crippen LogP contribution in [0.15, 0.2) is 35.1 Å². The van der Waals surface area contributed by atoms with Gasteiger partial charge in [0, 0.05) is 17.7 Å². The second-order valence-electron chi connectivity index (χ2n) is 2.55. The fourth-order valence-corrected chi connectivity index (χ4v) is 1.02. The summed E-state index contributed by atoms with van der Waals surface area (Å²) in [6, 6.07) is 5.90. The molecule has 0 amide bonds. The molecule has 0 aliphatic heterocycles. The van der Waals surface area contributed by atoms with Crippen molar-refractivity contribution >= 4 is 5.69 Å². The summed E-state index contributed by atoms with van der Waals surface area (Å²) in [5.74, 6) is 0.347. The van der Waals surface area contributed by atoms with Crippen molar-refractivity contribution in [3.8, 4) is 11.5 Å². The predicted octanol–water partition coefficient (Wildman–Crippen LogP) is 2.67. The first-order chi connectivity index (χ1) is 7.77. The number of aromatic nitrogens is 2. The van der Waals surface area contributed by atoms with Crippen LogP contribution in [-0.2, 0) is 0 Å². The van der Waals surface area contributed by atoms with Crippen LogP contribution in [0.4, 0.5) is 5.69 Å². The van der Waals surface area contributed by atoms with E-state index in [0.717, 1.165) is 0 Å². The quantitative estimate of drug-likeness (QED) is 0.575. The lowest BCUT2D eigenvalue weighted by molar-refractivity contribution is -0.384. The molecule has 0 radical (unpaired) electrons. The highest BCUT2D eigenvalue weighted by Gasteiger charge is 2.07. The third-order valence-corrected chi connectivity index (χ3v) is 1.69. The van der Waals surface area contributed by atoms with Gasteiger partial charge in [0.1, 0.15) is 0 Å². The van der Waals surface area contributed by atoms with Gasteiger partial charge >= 0.3 is 0 Å². The molecule has 2 aromatic rings. The van der Waals surface area contributed by atoms with Gasteiger partial charge < -0.3 is 4.42 Å². The van der Waals surface area contributed by atoms with Crippen LogP contribution in [0.5, 0.6) is 0 Å². The fourth-order valence-electron chi connectivity index (χ4n) is 1.02. The van der Waals surface area contributed by atoms with Crippen molar-refractivity contribution in [2.75, 3.05) is 0 Å². The van der Waals surface area contributed by atoms with Gasteiger partial charge in [-0.25, -0.2) is 0 Å². The molecule has 6 heteroatoms. The largest absolute Gasteiger partial charge is 0.423 e. The Labute approximate surface area is 92.1 Å². The summed E-state index contributed by atoms with van der Waals surface area (Å²) in [5, 5.41) is 17.5. The molecule has 0 aliphatic carbocycles. The molecule has 1 aromatic carbocycles. The lowest BCUT2D eigenvalue weighted by Gasteiger charge is -1.93. The maximum absolute atomic E-state index is 10.4. The molecular formula is C10H11N3O3. The molecule has 84 valence electrons. The van der Waals surface area contributed by atoms with E-state index in [-0.39, 0.29) is 5.69 Å². The summed E-state index contributed by atoms with van der Waals surface area (Å²) >= 11 is 0. The molecule has 1 heterocycles.